The second kappa shape index (κ2) is 5.06. The molecule has 2 aromatic carbocycles. The van der Waals surface area contributed by atoms with Gasteiger partial charge in [0.1, 0.15) is 11.6 Å². The van der Waals surface area contributed by atoms with Crippen LogP contribution in [0.25, 0.3) is 22.3 Å². The molecule has 3 rings (SSSR count). The van der Waals surface area contributed by atoms with Crippen LogP contribution in [0.15, 0.2) is 42.5 Å². The summed E-state index contributed by atoms with van der Waals surface area (Å²) in [6.07, 6.45) is 0. The van der Waals surface area contributed by atoms with E-state index < -0.39 is 0 Å². The van der Waals surface area contributed by atoms with E-state index in [0.29, 0.717) is 27.6 Å². The quantitative estimate of drug-likeness (QED) is 0.770. The molecule has 3 aromatic rings. The lowest BCUT2D eigenvalue weighted by atomic mass is 10.2. The first-order valence-corrected chi connectivity index (χ1v) is 6.46. The third kappa shape index (κ3) is 2.30. The van der Waals surface area contributed by atoms with Gasteiger partial charge in [-0.1, -0.05) is 23.7 Å². The summed E-state index contributed by atoms with van der Waals surface area (Å²) in [5, 5.41) is 4.24. The van der Waals surface area contributed by atoms with Crippen molar-refractivity contribution in [3.63, 3.8) is 0 Å². The summed E-state index contributed by atoms with van der Waals surface area (Å²) >= 11 is 5.99. The number of nitrogens with zero attached hydrogens (tertiary/aromatic N) is 2. The van der Waals surface area contributed by atoms with Gasteiger partial charge in [0.05, 0.1) is 5.52 Å². The van der Waals surface area contributed by atoms with Crippen molar-refractivity contribution in [2.75, 3.05) is 12.4 Å². The molecule has 0 fully saturated rings. The largest absolute Gasteiger partial charge is 0.373 e. The van der Waals surface area contributed by atoms with Crippen LogP contribution in [0.2, 0.25) is 5.02 Å². The van der Waals surface area contributed by atoms with Gasteiger partial charge in [-0.15, -0.1) is 0 Å². The highest BCUT2D eigenvalue weighted by atomic mass is 35.5. The number of benzene rings is 2. The van der Waals surface area contributed by atoms with Crippen LogP contribution in [0.5, 0.6) is 0 Å². The normalized spacial score (nSPS) is 10.8. The fourth-order valence-electron chi connectivity index (χ4n) is 2.05. The molecule has 0 radical (unpaired) electrons. The summed E-state index contributed by atoms with van der Waals surface area (Å²) < 4.78 is 13.3. The molecule has 1 aromatic heterocycles. The molecular weight excluding hydrogens is 277 g/mol. The molecule has 3 nitrogen and oxygen atoms in total. The summed E-state index contributed by atoms with van der Waals surface area (Å²) in [6, 6.07) is 11.8. The minimum atomic E-state index is -0.312. The van der Waals surface area contributed by atoms with Crippen molar-refractivity contribution >= 4 is 28.3 Å². The van der Waals surface area contributed by atoms with Gasteiger partial charge in [0.15, 0.2) is 5.82 Å². The zero-order valence-corrected chi connectivity index (χ0v) is 11.4. The first-order valence-electron chi connectivity index (χ1n) is 6.08. The fourth-order valence-corrected chi connectivity index (χ4v) is 2.24. The van der Waals surface area contributed by atoms with Crippen LogP contribution in [0, 0.1) is 5.82 Å². The number of halogens is 2. The Morgan fingerprint density at radius 1 is 1.10 bits per heavy atom. The van der Waals surface area contributed by atoms with Gasteiger partial charge in [-0.25, -0.2) is 14.4 Å². The molecule has 1 N–H and O–H groups in total. The van der Waals surface area contributed by atoms with Gasteiger partial charge in [-0.05, 0) is 30.3 Å². The summed E-state index contributed by atoms with van der Waals surface area (Å²) in [5.74, 6) is 0.827. The number of nitrogens with one attached hydrogen (secondary N) is 1. The molecule has 0 bridgehead atoms. The van der Waals surface area contributed by atoms with E-state index in [1.54, 1.807) is 25.2 Å². The first kappa shape index (κ1) is 12.8. The van der Waals surface area contributed by atoms with Crippen LogP contribution < -0.4 is 5.32 Å². The van der Waals surface area contributed by atoms with Gasteiger partial charge < -0.3 is 5.32 Å². The summed E-state index contributed by atoms with van der Waals surface area (Å²) in [6.45, 7) is 0. The van der Waals surface area contributed by atoms with Crippen molar-refractivity contribution in [2.45, 2.75) is 0 Å². The molecule has 5 heteroatoms. The van der Waals surface area contributed by atoms with Crippen molar-refractivity contribution in [2.24, 2.45) is 0 Å². The maximum absolute atomic E-state index is 13.3. The van der Waals surface area contributed by atoms with Gasteiger partial charge >= 0.3 is 0 Å². The van der Waals surface area contributed by atoms with Crippen LogP contribution in [-0.4, -0.2) is 17.0 Å². The number of fused-ring (bicyclic) bond motifs is 1. The topological polar surface area (TPSA) is 37.8 Å². The minimum Gasteiger partial charge on any atom is -0.373 e. The lowest BCUT2D eigenvalue weighted by molar-refractivity contribution is 0.629. The van der Waals surface area contributed by atoms with Crippen LogP contribution in [-0.2, 0) is 0 Å². The smallest absolute Gasteiger partial charge is 0.162 e. The van der Waals surface area contributed by atoms with E-state index in [1.165, 1.54) is 12.1 Å². The maximum atomic E-state index is 13.3. The van der Waals surface area contributed by atoms with Crippen LogP contribution in [0.3, 0.4) is 0 Å². The SMILES string of the molecule is CNc1nc(-c2cccc(Cl)c2)nc2ccc(F)cc12. The van der Waals surface area contributed by atoms with Crippen molar-refractivity contribution in [1.29, 1.82) is 0 Å². The van der Waals surface area contributed by atoms with Gasteiger partial charge in [0.25, 0.3) is 0 Å². The number of hydrogen-bond donors (Lipinski definition) is 1. The molecule has 0 unspecified atom stereocenters. The first-order chi connectivity index (χ1) is 9.67. The predicted octanol–water partition coefficient (Wildman–Crippen LogP) is 4.13. The van der Waals surface area contributed by atoms with Gasteiger partial charge in [0.2, 0.25) is 0 Å². The molecule has 0 aliphatic heterocycles. The molecule has 0 saturated heterocycles. The maximum Gasteiger partial charge on any atom is 0.162 e. The van der Waals surface area contributed by atoms with E-state index in [0.717, 1.165) is 5.56 Å². The average molecular weight is 288 g/mol. The second-order valence-electron chi connectivity index (χ2n) is 4.32. The zero-order valence-electron chi connectivity index (χ0n) is 10.7. The Hall–Kier alpha value is -2.20. The summed E-state index contributed by atoms with van der Waals surface area (Å²) in [4.78, 5) is 8.88. The number of rotatable bonds is 2. The van der Waals surface area contributed by atoms with Gasteiger partial charge in [-0.3, -0.25) is 0 Å². The molecule has 0 saturated carbocycles. The standard InChI is InChI=1S/C15H11ClFN3/c1-18-15-12-8-11(17)5-6-13(12)19-14(20-15)9-3-2-4-10(16)7-9/h2-8H,1H3,(H,18,19,20). The Labute approximate surface area is 120 Å². The molecule has 1 heterocycles. The molecule has 100 valence electrons. The number of anilines is 1. The van der Waals surface area contributed by atoms with Gasteiger partial charge in [-0.2, -0.15) is 0 Å². The molecule has 0 amide bonds. The predicted molar refractivity (Wildman–Crippen MR) is 79.5 cm³/mol. The van der Waals surface area contributed by atoms with E-state index in [4.69, 9.17) is 11.6 Å². The van der Waals surface area contributed by atoms with E-state index in [-0.39, 0.29) is 5.82 Å². The highest BCUT2D eigenvalue weighted by Crippen LogP contribution is 2.26. The molecule has 0 atom stereocenters. The molecule has 0 spiro atoms. The molecular formula is C15H11ClFN3. The Morgan fingerprint density at radius 3 is 2.70 bits per heavy atom. The van der Waals surface area contributed by atoms with E-state index >= 15 is 0 Å². The van der Waals surface area contributed by atoms with Crippen LogP contribution in [0.4, 0.5) is 10.2 Å². The fraction of sp³-hybridized carbons (Fsp3) is 0.0667. The van der Waals surface area contributed by atoms with Crippen LogP contribution >= 0.6 is 11.6 Å². The lowest BCUT2D eigenvalue weighted by Crippen LogP contribution is -1.99. The van der Waals surface area contributed by atoms with Crippen molar-refractivity contribution < 1.29 is 4.39 Å². The van der Waals surface area contributed by atoms with Crippen molar-refractivity contribution in [1.82, 2.24) is 9.97 Å². The third-order valence-corrected chi connectivity index (χ3v) is 3.21. The Balaban J connectivity index is 2.25. The van der Waals surface area contributed by atoms with E-state index in [9.17, 15) is 4.39 Å². The summed E-state index contributed by atoms with van der Waals surface area (Å²) in [7, 11) is 1.74. The monoisotopic (exact) mass is 287 g/mol. The molecule has 0 aliphatic carbocycles. The number of hydrogen-bond acceptors (Lipinski definition) is 3. The number of aromatic nitrogens is 2. The minimum absolute atomic E-state index is 0.312. The molecule has 20 heavy (non-hydrogen) atoms. The van der Waals surface area contributed by atoms with Gasteiger partial charge in [0, 0.05) is 23.0 Å². The Kier molecular flexibility index (Phi) is 3.24. The summed E-state index contributed by atoms with van der Waals surface area (Å²) in [5.41, 5.74) is 1.50. The van der Waals surface area contributed by atoms with Crippen LogP contribution in [0.1, 0.15) is 0 Å². The average Bonchev–Trinajstić information content (AvgIpc) is 2.46. The Bertz CT molecular complexity index is 789. The highest BCUT2D eigenvalue weighted by molar-refractivity contribution is 6.30. The molecule has 0 aliphatic rings. The van der Waals surface area contributed by atoms with Crippen molar-refractivity contribution in [3.8, 4) is 11.4 Å². The highest BCUT2D eigenvalue weighted by Gasteiger charge is 2.09. The Morgan fingerprint density at radius 2 is 1.95 bits per heavy atom. The third-order valence-electron chi connectivity index (χ3n) is 2.98. The lowest BCUT2D eigenvalue weighted by Gasteiger charge is -2.08. The van der Waals surface area contributed by atoms with Crippen molar-refractivity contribution in [3.05, 3.63) is 53.3 Å². The second-order valence-corrected chi connectivity index (χ2v) is 4.75. The van der Waals surface area contributed by atoms with E-state index in [2.05, 4.69) is 15.3 Å². The zero-order chi connectivity index (χ0) is 14.1. The van der Waals surface area contributed by atoms with E-state index in [1.807, 2.05) is 12.1 Å².